The standard InChI is InChI=1S/C19H26FNO4/c1-18(2,3)25-17(22)21-15-9-19(23,10-16(21)12-24-11-15)8-13-5-4-6-14(20)7-13/h4-7,15-16,23H,8-12H2,1-3H3. The molecule has 0 radical (unpaired) electrons. The van der Waals surface area contributed by atoms with Gasteiger partial charge in [-0.3, -0.25) is 4.90 Å². The first-order valence-corrected chi connectivity index (χ1v) is 8.71. The second-order valence-electron chi connectivity index (χ2n) is 8.17. The van der Waals surface area contributed by atoms with Gasteiger partial charge in [-0.05, 0) is 51.3 Å². The Labute approximate surface area is 147 Å². The lowest BCUT2D eigenvalue weighted by Gasteiger charge is -2.51. The molecule has 2 unspecified atom stereocenters. The predicted octanol–water partition coefficient (Wildman–Crippen LogP) is 2.90. The van der Waals surface area contributed by atoms with E-state index in [1.54, 1.807) is 11.0 Å². The molecule has 0 saturated carbocycles. The molecule has 2 atom stereocenters. The Morgan fingerprint density at radius 2 is 2.00 bits per heavy atom. The summed E-state index contributed by atoms with van der Waals surface area (Å²) in [6, 6.07) is 5.83. The molecule has 2 aliphatic heterocycles. The van der Waals surface area contributed by atoms with Crippen molar-refractivity contribution in [2.75, 3.05) is 13.2 Å². The van der Waals surface area contributed by atoms with E-state index in [4.69, 9.17) is 9.47 Å². The summed E-state index contributed by atoms with van der Waals surface area (Å²) >= 11 is 0. The van der Waals surface area contributed by atoms with Crippen molar-refractivity contribution in [3.05, 3.63) is 35.6 Å². The summed E-state index contributed by atoms with van der Waals surface area (Å²) in [5.41, 5.74) is -0.792. The molecule has 138 valence electrons. The number of rotatable bonds is 2. The summed E-state index contributed by atoms with van der Waals surface area (Å²) in [6.45, 7) is 6.26. The molecule has 2 fully saturated rings. The van der Waals surface area contributed by atoms with E-state index in [0.29, 0.717) is 32.5 Å². The highest BCUT2D eigenvalue weighted by Crippen LogP contribution is 2.37. The van der Waals surface area contributed by atoms with Crippen molar-refractivity contribution in [2.24, 2.45) is 0 Å². The van der Waals surface area contributed by atoms with Gasteiger partial charge < -0.3 is 14.6 Å². The molecule has 2 bridgehead atoms. The minimum Gasteiger partial charge on any atom is -0.444 e. The molecule has 1 amide bonds. The highest BCUT2D eigenvalue weighted by atomic mass is 19.1. The summed E-state index contributed by atoms with van der Waals surface area (Å²) in [5.74, 6) is -0.309. The zero-order chi connectivity index (χ0) is 18.2. The van der Waals surface area contributed by atoms with Crippen LogP contribution in [-0.2, 0) is 15.9 Å². The van der Waals surface area contributed by atoms with Gasteiger partial charge in [0, 0.05) is 6.42 Å². The third kappa shape index (κ3) is 4.30. The summed E-state index contributed by atoms with van der Waals surface area (Å²) in [6.07, 6.45) is 0.775. The van der Waals surface area contributed by atoms with Crippen LogP contribution in [0.4, 0.5) is 9.18 Å². The minimum atomic E-state index is -0.981. The number of piperidine rings is 1. The molecule has 25 heavy (non-hydrogen) atoms. The Morgan fingerprint density at radius 3 is 2.56 bits per heavy atom. The molecule has 6 heteroatoms. The van der Waals surface area contributed by atoms with Crippen molar-refractivity contribution in [1.29, 1.82) is 0 Å². The Bertz CT molecular complexity index is 629. The lowest BCUT2D eigenvalue weighted by molar-refractivity contribution is -0.137. The smallest absolute Gasteiger partial charge is 0.410 e. The van der Waals surface area contributed by atoms with Crippen LogP contribution in [0.5, 0.6) is 0 Å². The molecule has 0 aliphatic carbocycles. The fourth-order valence-electron chi connectivity index (χ4n) is 3.86. The van der Waals surface area contributed by atoms with E-state index < -0.39 is 11.2 Å². The van der Waals surface area contributed by atoms with Gasteiger partial charge in [0.05, 0.1) is 30.9 Å². The Balaban J connectivity index is 1.75. The van der Waals surface area contributed by atoms with Crippen LogP contribution in [0.15, 0.2) is 24.3 Å². The van der Waals surface area contributed by atoms with Crippen LogP contribution in [0.25, 0.3) is 0 Å². The van der Waals surface area contributed by atoms with Crippen molar-refractivity contribution in [3.63, 3.8) is 0 Å². The number of aliphatic hydroxyl groups is 1. The van der Waals surface area contributed by atoms with Gasteiger partial charge in [-0.15, -0.1) is 0 Å². The predicted molar refractivity (Wildman–Crippen MR) is 90.8 cm³/mol. The van der Waals surface area contributed by atoms with Gasteiger partial charge in [-0.1, -0.05) is 12.1 Å². The Hall–Kier alpha value is -1.66. The van der Waals surface area contributed by atoms with Crippen LogP contribution >= 0.6 is 0 Å². The van der Waals surface area contributed by atoms with E-state index in [9.17, 15) is 14.3 Å². The second kappa shape index (κ2) is 6.57. The van der Waals surface area contributed by atoms with Gasteiger partial charge in [0.15, 0.2) is 0 Å². The third-order valence-electron chi connectivity index (χ3n) is 4.66. The summed E-state index contributed by atoms with van der Waals surface area (Å²) in [7, 11) is 0. The van der Waals surface area contributed by atoms with Crippen LogP contribution in [0, 0.1) is 5.82 Å². The molecule has 1 N–H and O–H groups in total. The zero-order valence-corrected chi connectivity index (χ0v) is 15.0. The molecule has 2 aliphatic rings. The molecule has 0 spiro atoms. The van der Waals surface area contributed by atoms with Crippen molar-refractivity contribution in [3.8, 4) is 0 Å². The second-order valence-corrected chi connectivity index (χ2v) is 8.17. The van der Waals surface area contributed by atoms with Gasteiger partial charge in [-0.2, -0.15) is 0 Å². The highest BCUT2D eigenvalue weighted by molar-refractivity contribution is 5.69. The Morgan fingerprint density at radius 1 is 1.36 bits per heavy atom. The fraction of sp³-hybridized carbons (Fsp3) is 0.632. The maximum Gasteiger partial charge on any atom is 0.410 e. The Kier molecular flexibility index (Phi) is 4.77. The van der Waals surface area contributed by atoms with E-state index >= 15 is 0 Å². The first-order chi connectivity index (χ1) is 11.7. The number of halogens is 1. The number of carbonyl (C=O) groups excluding carboxylic acids is 1. The topological polar surface area (TPSA) is 59.0 Å². The summed E-state index contributed by atoms with van der Waals surface area (Å²) in [5, 5.41) is 11.1. The van der Waals surface area contributed by atoms with Crippen molar-refractivity contribution in [2.45, 2.75) is 63.3 Å². The number of hydrogen-bond acceptors (Lipinski definition) is 4. The van der Waals surface area contributed by atoms with Crippen LogP contribution in [0.2, 0.25) is 0 Å². The molecule has 2 heterocycles. The van der Waals surface area contributed by atoms with Crippen molar-refractivity contribution >= 4 is 6.09 Å². The number of carbonyl (C=O) groups is 1. The molecular formula is C19H26FNO4. The number of benzene rings is 1. The average molecular weight is 351 g/mol. The number of nitrogens with zero attached hydrogens (tertiary/aromatic N) is 1. The van der Waals surface area contributed by atoms with Crippen molar-refractivity contribution in [1.82, 2.24) is 4.90 Å². The average Bonchev–Trinajstić information content (AvgIpc) is 2.43. The molecule has 0 aromatic heterocycles. The number of amides is 1. The zero-order valence-electron chi connectivity index (χ0n) is 15.0. The van der Waals surface area contributed by atoms with Gasteiger partial charge in [0.25, 0.3) is 0 Å². The van der Waals surface area contributed by atoms with Crippen molar-refractivity contribution < 1.29 is 23.8 Å². The van der Waals surface area contributed by atoms with Crippen LogP contribution in [-0.4, -0.2) is 52.6 Å². The first kappa shape index (κ1) is 18.1. The third-order valence-corrected chi connectivity index (χ3v) is 4.66. The summed E-state index contributed by atoms with van der Waals surface area (Å²) in [4.78, 5) is 14.3. The van der Waals surface area contributed by atoms with E-state index in [-0.39, 0.29) is 24.0 Å². The number of morpholine rings is 1. The normalized spacial score (nSPS) is 29.4. The van der Waals surface area contributed by atoms with E-state index in [1.807, 2.05) is 26.8 Å². The number of fused-ring (bicyclic) bond motifs is 2. The molecular weight excluding hydrogens is 325 g/mol. The SMILES string of the molecule is CC(C)(C)OC(=O)N1C2COCC1CC(O)(Cc1cccc(F)c1)C2. The lowest BCUT2D eigenvalue weighted by atomic mass is 9.78. The first-order valence-electron chi connectivity index (χ1n) is 8.71. The molecule has 5 nitrogen and oxygen atoms in total. The van der Waals surface area contributed by atoms with Crippen LogP contribution in [0.3, 0.4) is 0 Å². The van der Waals surface area contributed by atoms with E-state index in [1.165, 1.54) is 12.1 Å². The highest BCUT2D eigenvalue weighted by Gasteiger charge is 2.49. The van der Waals surface area contributed by atoms with E-state index in [2.05, 4.69) is 0 Å². The molecule has 1 aromatic carbocycles. The van der Waals surface area contributed by atoms with Gasteiger partial charge in [0.1, 0.15) is 11.4 Å². The number of ether oxygens (including phenoxy) is 2. The van der Waals surface area contributed by atoms with Gasteiger partial charge >= 0.3 is 6.09 Å². The maximum absolute atomic E-state index is 13.4. The quantitative estimate of drug-likeness (QED) is 0.890. The summed E-state index contributed by atoms with van der Waals surface area (Å²) < 4.78 is 24.5. The van der Waals surface area contributed by atoms with Gasteiger partial charge in [0.2, 0.25) is 0 Å². The molecule has 1 aromatic rings. The van der Waals surface area contributed by atoms with Gasteiger partial charge in [-0.25, -0.2) is 9.18 Å². The van der Waals surface area contributed by atoms with Crippen LogP contribution < -0.4 is 0 Å². The van der Waals surface area contributed by atoms with Crippen LogP contribution in [0.1, 0.15) is 39.2 Å². The molecule has 2 saturated heterocycles. The number of hydrogen-bond donors (Lipinski definition) is 1. The minimum absolute atomic E-state index is 0.235. The largest absolute Gasteiger partial charge is 0.444 e. The maximum atomic E-state index is 13.4. The lowest BCUT2D eigenvalue weighted by Crippen LogP contribution is -2.64. The van der Waals surface area contributed by atoms with E-state index in [0.717, 1.165) is 5.56 Å². The monoisotopic (exact) mass is 351 g/mol. The fourth-order valence-corrected chi connectivity index (χ4v) is 3.86. The molecule has 3 rings (SSSR count).